The van der Waals surface area contributed by atoms with Gasteiger partial charge in [0.05, 0.1) is 23.1 Å². The first-order chi connectivity index (χ1) is 13.8. The van der Waals surface area contributed by atoms with Crippen LogP contribution in [0.15, 0.2) is 30.6 Å². The molecule has 3 aromatic rings. The number of hydrogen-bond acceptors (Lipinski definition) is 6. The third-order valence-corrected chi connectivity index (χ3v) is 4.94. The number of benzene rings is 1. The van der Waals surface area contributed by atoms with Crippen LogP contribution in [0.4, 0.5) is 14.5 Å². The predicted molar refractivity (Wildman–Crippen MR) is 104 cm³/mol. The van der Waals surface area contributed by atoms with Crippen LogP contribution in [-0.4, -0.2) is 45.2 Å². The first-order valence-corrected chi connectivity index (χ1v) is 9.27. The number of aromatic nitrogens is 3. The van der Waals surface area contributed by atoms with Crippen molar-refractivity contribution >= 4 is 29.0 Å². The van der Waals surface area contributed by atoms with Gasteiger partial charge in [-0.1, -0.05) is 0 Å². The van der Waals surface area contributed by atoms with Gasteiger partial charge in [-0.25, -0.2) is 13.8 Å². The Morgan fingerprint density at radius 3 is 2.52 bits per heavy atom. The number of anilines is 1. The van der Waals surface area contributed by atoms with Gasteiger partial charge in [-0.2, -0.15) is 4.37 Å². The van der Waals surface area contributed by atoms with Crippen molar-refractivity contribution in [1.29, 1.82) is 0 Å². The zero-order chi connectivity index (χ0) is 21.1. The minimum absolute atomic E-state index is 0.136. The van der Waals surface area contributed by atoms with E-state index in [1.807, 2.05) is 0 Å². The van der Waals surface area contributed by atoms with Crippen LogP contribution in [0.3, 0.4) is 0 Å². The highest BCUT2D eigenvalue weighted by Crippen LogP contribution is 2.23. The Hall–Kier alpha value is -3.27. The van der Waals surface area contributed by atoms with Crippen LogP contribution in [0.25, 0.3) is 0 Å². The number of aryl methyl sites for hydroxylation is 1. The summed E-state index contributed by atoms with van der Waals surface area (Å²) in [5, 5.41) is 2.55. The van der Waals surface area contributed by atoms with Crippen LogP contribution < -0.4 is 5.32 Å². The molecular formula is C19H17F2N5O2S. The van der Waals surface area contributed by atoms with E-state index in [1.165, 1.54) is 23.4 Å². The van der Waals surface area contributed by atoms with Crippen molar-refractivity contribution in [2.24, 2.45) is 0 Å². The van der Waals surface area contributed by atoms with Gasteiger partial charge in [-0.3, -0.25) is 14.6 Å². The molecule has 0 saturated carbocycles. The average molecular weight is 417 g/mol. The van der Waals surface area contributed by atoms with Crippen molar-refractivity contribution in [3.8, 4) is 0 Å². The number of hydrogen-bond donors (Lipinski definition) is 1. The first kappa shape index (κ1) is 20.5. The smallest absolute Gasteiger partial charge is 0.273 e. The lowest BCUT2D eigenvalue weighted by Crippen LogP contribution is -2.23. The van der Waals surface area contributed by atoms with Crippen LogP contribution in [0.1, 0.15) is 37.1 Å². The van der Waals surface area contributed by atoms with Gasteiger partial charge in [0, 0.05) is 43.3 Å². The van der Waals surface area contributed by atoms with E-state index in [-0.39, 0.29) is 23.7 Å². The SMILES string of the molecule is Cc1nsc(Cc2cnc(C(=O)N(C)C)cn2)c1C(=O)Nc1ccc(F)c(F)c1. The van der Waals surface area contributed by atoms with E-state index in [0.717, 1.165) is 23.7 Å². The zero-order valence-electron chi connectivity index (χ0n) is 15.9. The second kappa shape index (κ2) is 8.39. The lowest BCUT2D eigenvalue weighted by Gasteiger charge is -2.09. The molecule has 0 fully saturated rings. The molecule has 7 nitrogen and oxygen atoms in total. The Bertz CT molecular complexity index is 1070. The van der Waals surface area contributed by atoms with E-state index < -0.39 is 17.5 Å². The van der Waals surface area contributed by atoms with Crippen molar-refractivity contribution in [2.75, 3.05) is 19.4 Å². The Morgan fingerprint density at radius 1 is 1.14 bits per heavy atom. The monoisotopic (exact) mass is 417 g/mol. The maximum Gasteiger partial charge on any atom is 0.273 e. The summed E-state index contributed by atoms with van der Waals surface area (Å²) in [7, 11) is 3.24. The third-order valence-electron chi connectivity index (χ3n) is 4.01. The third kappa shape index (κ3) is 4.60. The standard InChI is InChI=1S/C19H17F2N5O2S/c1-10-17(18(27)24-11-4-5-13(20)14(21)6-11)16(29-25-10)7-12-8-23-15(9-22-12)19(28)26(2)3/h4-6,8-9H,7H2,1-3H3,(H,24,27). The molecule has 2 heterocycles. The summed E-state index contributed by atoms with van der Waals surface area (Å²) in [6.45, 7) is 1.69. The van der Waals surface area contributed by atoms with Gasteiger partial charge in [0.15, 0.2) is 11.6 Å². The summed E-state index contributed by atoms with van der Waals surface area (Å²) in [5.41, 5.74) is 1.77. The molecule has 0 aliphatic rings. The van der Waals surface area contributed by atoms with Gasteiger partial charge in [-0.05, 0) is 30.6 Å². The minimum Gasteiger partial charge on any atom is -0.343 e. The largest absolute Gasteiger partial charge is 0.343 e. The molecule has 0 aliphatic heterocycles. The summed E-state index contributed by atoms with van der Waals surface area (Å²) >= 11 is 1.14. The fourth-order valence-corrected chi connectivity index (χ4v) is 3.43. The summed E-state index contributed by atoms with van der Waals surface area (Å²) in [5.74, 6) is -2.79. The van der Waals surface area contributed by atoms with Crippen LogP contribution in [0, 0.1) is 18.6 Å². The van der Waals surface area contributed by atoms with E-state index in [0.29, 0.717) is 21.8 Å². The average Bonchev–Trinajstić information content (AvgIpc) is 3.05. The molecule has 0 atom stereocenters. The fourth-order valence-electron chi connectivity index (χ4n) is 2.55. The topological polar surface area (TPSA) is 88.1 Å². The van der Waals surface area contributed by atoms with Crippen LogP contribution in [-0.2, 0) is 6.42 Å². The zero-order valence-corrected chi connectivity index (χ0v) is 16.7. The Kier molecular flexibility index (Phi) is 5.92. The molecule has 2 aromatic heterocycles. The van der Waals surface area contributed by atoms with E-state index in [4.69, 9.17) is 0 Å². The number of nitrogens with zero attached hydrogens (tertiary/aromatic N) is 4. The summed E-state index contributed by atoms with van der Waals surface area (Å²) in [4.78, 5) is 35.0. The number of carbonyl (C=O) groups excluding carboxylic acids is 2. The van der Waals surface area contributed by atoms with E-state index in [2.05, 4.69) is 19.7 Å². The Balaban J connectivity index is 1.79. The quantitative estimate of drug-likeness (QED) is 0.689. The summed E-state index contributed by atoms with van der Waals surface area (Å²) < 4.78 is 30.7. The number of carbonyl (C=O) groups is 2. The highest BCUT2D eigenvalue weighted by Gasteiger charge is 2.20. The van der Waals surface area contributed by atoms with Crippen molar-refractivity contribution in [3.05, 3.63) is 69.7 Å². The highest BCUT2D eigenvalue weighted by molar-refractivity contribution is 7.06. The van der Waals surface area contributed by atoms with Gasteiger partial charge in [-0.15, -0.1) is 0 Å². The second-order valence-electron chi connectivity index (χ2n) is 6.42. The molecule has 2 amide bonds. The maximum atomic E-state index is 13.4. The number of nitrogens with one attached hydrogen (secondary N) is 1. The van der Waals surface area contributed by atoms with E-state index in [1.54, 1.807) is 21.0 Å². The minimum atomic E-state index is -1.05. The molecule has 1 aromatic carbocycles. The molecule has 1 N–H and O–H groups in total. The van der Waals surface area contributed by atoms with E-state index in [9.17, 15) is 18.4 Å². The lowest BCUT2D eigenvalue weighted by molar-refractivity contribution is 0.0821. The molecule has 3 rings (SSSR count). The Labute approximate surface area is 169 Å². The molecule has 0 spiro atoms. The highest BCUT2D eigenvalue weighted by atomic mass is 32.1. The molecule has 0 aliphatic carbocycles. The van der Waals surface area contributed by atoms with Gasteiger partial charge < -0.3 is 10.2 Å². The molecular weight excluding hydrogens is 400 g/mol. The van der Waals surface area contributed by atoms with Crippen molar-refractivity contribution < 1.29 is 18.4 Å². The normalized spacial score (nSPS) is 10.7. The van der Waals surface area contributed by atoms with Gasteiger partial charge in [0.2, 0.25) is 0 Å². The second-order valence-corrected chi connectivity index (χ2v) is 7.28. The number of halogens is 2. The predicted octanol–water partition coefficient (Wildman–Crippen LogP) is 3.06. The van der Waals surface area contributed by atoms with Crippen molar-refractivity contribution in [3.63, 3.8) is 0 Å². The molecule has 0 bridgehead atoms. The van der Waals surface area contributed by atoms with Crippen LogP contribution in [0.5, 0.6) is 0 Å². The van der Waals surface area contributed by atoms with E-state index >= 15 is 0 Å². The molecule has 0 saturated heterocycles. The first-order valence-electron chi connectivity index (χ1n) is 8.50. The molecule has 10 heteroatoms. The number of rotatable bonds is 5. The van der Waals surface area contributed by atoms with Crippen LogP contribution >= 0.6 is 11.5 Å². The molecule has 0 unspecified atom stereocenters. The van der Waals surface area contributed by atoms with Crippen LogP contribution in [0.2, 0.25) is 0 Å². The summed E-state index contributed by atoms with van der Waals surface area (Å²) in [6, 6.07) is 3.13. The molecule has 150 valence electrons. The molecule has 29 heavy (non-hydrogen) atoms. The number of amides is 2. The van der Waals surface area contributed by atoms with Gasteiger partial charge in [0.1, 0.15) is 5.69 Å². The summed E-state index contributed by atoms with van der Waals surface area (Å²) in [6.07, 6.45) is 3.14. The Morgan fingerprint density at radius 2 is 1.90 bits per heavy atom. The fraction of sp³-hybridized carbons (Fsp3) is 0.211. The van der Waals surface area contributed by atoms with Crippen molar-refractivity contribution in [2.45, 2.75) is 13.3 Å². The van der Waals surface area contributed by atoms with Gasteiger partial charge >= 0.3 is 0 Å². The van der Waals surface area contributed by atoms with Crippen molar-refractivity contribution in [1.82, 2.24) is 19.2 Å². The van der Waals surface area contributed by atoms with Gasteiger partial charge in [0.25, 0.3) is 11.8 Å². The maximum absolute atomic E-state index is 13.4. The lowest BCUT2D eigenvalue weighted by atomic mass is 10.1. The molecule has 0 radical (unpaired) electrons.